The van der Waals surface area contributed by atoms with Crippen LogP contribution in [0.4, 0.5) is 5.69 Å². The Bertz CT molecular complexity index is 694. The maximum absolute atomic E-state index is 12.5. The molecule has 2 aromatic carbocycles. The molecule has 0 atom stereocenters. The first-order valence-electron chi connectivity index (χ1n) is 6.95. The standard InChI is InChI=1S/C17H17NO3/c1-11-9-12(3-5-14(11)18)17(19)13-4-6-15-16(10-13)21-8-2-7-20-15/h3-6,9-10H,2,7-8,18H2,1H3. The molecule has 0 aliphatic carbocycles. The van der Waals surface area contributed by atoms with E-state index >= 15 is 0 Å². The van der Waals surface area contributed by atoms with Gasteiger partial charge in [-0.3, -0.25) is 4.79 Å². The molecule has 0 aromatic heterocycles. The maximum atomic E-state index is 12.5. The number of nitrogens with two attached hydrogens (primary N) is 1. The van der Waals surface area contributed by atoms with Crippen LogP contribution >= 0.6 is 0 Å². The van der Waals surface area contributed by atoms with Crippen LogP contribution in [0.1, 0.15) is 27.9 Å². The predicted molar refractivity (Wildman–Crippen MR) is 81.1 cm³/mol. The summed E-state index contributed by atoms with van der Waals surface area (Å²) in [5, 5.41) is 0. The molecule has 0 saturated heterocycles. The van der Waals surface area contributed by atoms with Crippen molar-refractivity contribution in [1.82, 2.24) is 0 Å². The zero-order valence-electron chi connectivity index (χ0n) is 11.9. The molecule has 0 spiro atoms. The highest BCUT2D eigenvalue weighted by atomic mass is 16.5. The number of rotatable bonds is 2. The largest absolute Gasteiger partial charge is 0.490 e. The van der Waals surface area contributed by atoms with E-state index < -0.39 is 0 Å². The van der Waals surface area contributed by atoms with Crippen molar-refractivity contribution in [2.24, 2.45) is 0 Å². The fourth-order valence-electron chi connectivity index (χ4n) is 2.29. The van der Waals surface area contributed by atoms with Gasteiger partial charge in [-0.15, -0.1) is 0 Å². The van der Waals surface area contributed by atoms with E-state index in [9.17, 15) is 4.79 Å². The second-order valence-corrected chi connectivity index (χ2v) is 5.11. The molecule has 21 heavy (non-hydrogen) atoms. The number of fused-ring (bicyclic) bond motifs is 1. The monoisotopic (exact) mass is 283 g/mol. The predicted octanol–water partition coefficient (Wildman–Crippen LogP) is 2.97. The van der Waals surface area contributed by atoms with Crippen LogP contribution in [0.5, 0.6) is 11.5 Å². The number of ketones is 1. The Labute approximate surface area is 123 Å². The molecule has 0 radical (unpaired) electrons. The van der Waals surface area contributed by atoms with Gasteiger partial charge in [0.25, 0.3) is 0 Å². The first kappa shape index (κ1) is 13.5. The van der Waals surface area contributed by atoms with Crippen LogP contribution < -0.4 is 15.2 Å². The van der Waals surface area contributed by atoms with Crippen LogP contribution in [0, 0.1) is 6.92 Å². The molecule has 1 aliphatic rings. The SMILES string of the molecule is Cc1cc(C(=O)c2ccc3c(c2)OCCCO3)ccc1N. The van der Waals surface area contributed by atoms with Gasteiger partial charge in [0.15, 0.2) is 17.3 Å². The highest BCUT2D eigenvalue weighted by Gasteiger charge is 2.15. The Balaban J connectivity index is 1.94. The van der Waals surface area contributed by atoms with Crippen molar-refractivity contribution < 1.29 is 14.3 Å². The van der Waals surface area contributed by atoms with Gasteiger partial charge >= 0.3 is 0 Å². The second kappa shape index (κ2) is 5.48. The summed E-state index contributed by atoms with van der Waals surface area (Å²) >= 11 is 0. The van der Waals surface area contributed by atoms with E-state index in [1.54, 1.807) is 36.4 Å². The molecule has 0 saturated carbocycles. The van der Waals surface area contributed by atoms with Gasteiger partial charge in [-0.2, -0.15) is 0 Å². The number of anilines is 1. The van der Waals surface area contributed by atoms with Crippen LogP contribution in [0.2, 0.25) is 0 Å². The maximum Gasteiger partial charge on any atom is 0.193 e. The number of benzene rings is 2. The van der Waals surface area contributed by atoms with Crippen molar-refractivity contribution in [3.05, 3.63) is 53.1 Å². The molecule has 3 rings (SSSR count). The van der Waals surface area contributed by atoms with Gasteiger partial charge in [0, 0.05) is 23.2 Å². The van der Waals surface area contributed by atoms with E-state index in [1.807, 2.05) is 6.92 Å². The van der Waals surface area contributed by atoms with Crippen molar-refractivity contribution in [2.45, 2.75) is 13.3 Å². The number of nitrogen functional groups attached to an aromatic ring is 1. The van der Waals surface area contributed by atoms with Crippen LogP contribution in [-0.4, -0.2) is 19.0 Å². The topological polar surface area (TPSA) is 61.5 Å². The molecular formula is C17H17NO3. The van der Waals surface area contributed by atoms with Crippen LogP contribution in [-0.2, 0) is 0 Å². The smallest absolute Gasteiger partial charge is 0.193 e. The molecular weight excluding hydrogens is 266 g/mol. The van der Waals surface area contributed by atoms with Crippen molar-refractivity contribution >= 4 is 11.5 Å². The molecule has 2 N–H and O–H groups in total. The summed E-state index contributed by atoms with van der Waals surface area (Å²) in [7, 11) is 0. The highest BCUT2D eigenvalue weighted by molar-refractivity contribution is 6.09. The van der Waals surface area contributed by atoms with Crippen LogP contribution in [0.25, 0.3) is 0 Å². The molecule has 4 nitrogen and oxygen atoms in total. The highest BCUT2D eigenvalue weighted by Crippen LogP contribution is 2.31. The Kier molecular flexibility index (Phi) is 3.52. The average Bonchev–Trinajstić information content (AvgIpc) is 2.73. The van der Waals surface area contributed by atoms with Gasteiger partial charge in [-0.05, 0) is 48.9 Å². The number of carbonyl (C=O) groups excluding carboxylic acids is 1. The fourth-order valence-corrected chi connectivity index (χ4v) is 2.29. The van der Waals surface area contributed by atoms with Gasteiger partial charge in [0.05, 0.1) is 13.2 Å². The van der Waals surface area contributed by atoms with Gasteiger partial charge in [0.1, 0.15) is 0 Å². The van der Waals surface area contributed by atoms with E-state index in [0.29, 0.717) is 41.5 Å². The summed E-state index contributed by atoms with van der Waals surface area (Å²) in [6, 6.07) is 10.6. The summed E-state index contributed by atoms with van der Waals surface area (Å²) in [6.45, 7) is 3.13. The normalized spacial score (nSPS) is 13.6. The number of carbonyl (C=O) groups is 1. The minimum absolute atomic E-state index is 0.0475. The van der Waals surface area contributed by atoms with Crippen molar-refractivity contribution in [1.29, 1.82) is 0 Å². The lowest BCUT2D eigenvalue weighted by Crippen LogP contribution is -2.03. The molecule has 0 fully saturated rings. The van der Waals surface area contributed by atoms with Crippen molar-refractivity contribution in [3.63, 3.8) is 0 Å². The molecule has 4 heteroatoms. The van der Waals surface area contributed by atoms with E-state index in [1.165, 1.54) is 0 Å². The first-order valence-corrected chi connectivity index (χ1v) is 6.95. The quantitative estimate of drug-likeness (QED) is 0.680. The average molecular weight is 283 g/mol. The summed E-state index contributed by atoms with van der Waals surface area (Å²) < 4.78 is 11.2. The minimum atomic E-state index is -0.0475. The summed E-state index contributed by atoms with van der Waals surface area (Å²) in [4.78, 5) is 12.5. The molecule has 108 valence electrons. The lowest BCUT2D eigenvalue weighted by atomic mass is 10.0. The molecule has 2 aromatic rings. The lowest BCUT2D eigenvalue weighted by molar-refractivity contribution is 0.103. The Morgan fingerprint density at radius 1 is 1.00 bits per heavy atom. The summed E-state index contributed by atoms with van der Waals surface area (Å²) in [5.41, 5.74) is 8.58. The minimum Gasteiger partial charge on any atom is -0.490 e. The molecule has 1 aliphatic heterocycles. The van der Waals surface area contributed by atoms with Gasteiger partial charge in [-0.1, -0.05) is 0 Å². The number of hydrogen-bond donors (Lipinski definition) is 1. The third kappa shape index (κ3) is 2.70. The van der Waals surface area contributed by atoms with Gasteiger partial charge in [-0.25, -0.2) is 0 Å². The molecule has 0 unspecified atom stereocenters. The van der Waals surface area contributed by atoms with E-state index in [0.717, 1.165) is 12.0 Å². The Hall–Kier alpha value is -2.49. The first-order chi connectivity index (χ1) is 10.1. The van der Waals surface area contributed by atoms with Crippen LogP contribution in [0.15, 0.2) is 36.4 Å². The number of hydrogen-bond acceptors (Lipinski definition) is 4. The zero-order valence-corrected chi connectivity index (χ0v) is 11.9. The Morgan fingerprint density at radius 3 is 2.43 bits per heavy atom. The fraction of sp³-hybridized carbons (Fsp3) is 0.235. The Morgan fingerprint density at radius 2 is 1.67 bits per heavy atom. The van der Waals surface area contributed by atoms with Gasteiger partial charge < -0.3 is 15.2 Å². The third-order valence-corrected chi connectivity index (χ3v) is 3.54. The molecule has 1 heterocycles. The number of aryl methyl sites for hydroxylation is 1. The number of ether oxygens (including phenoxy) is 2. The molecule has 0 bridgehead atoms. The lowest BCUT2D eigenvalue weighted by Gasteiger charge is -2.09. The second-order valence-electron chi connectivity index (χ2n) is 5.11. The van der Waals surface area contributed by atoms with E-state index in [-0.39, 0.29) is 5.78 Å². The van der Waals surface area contributed by atoms with E-state index in [4.69, 9.17) is 15.2 Å². The summed E-state index contributed by atoms with van der Waals surface area (Å²) in [5.74, 6) is 1.27. The van der Waals surface area contributed by atoms with Crippen LogP contribution in [0.3, 0.4) is 0 Å². The van der Waals surface area contributed by atoms with Crippen molar-refractivity contribution in [2.75, 3.05) is 18.9 Å². The zero-order chi connectivity index (χ0) is 14.8. The van der Waals surface area contributed by atoms with Crippen molar-refractivity contribution in [3.8, 4) is 11.5 Å². The molecule has 0 amide bonds. The summed E-state index contributed by atoms with van der Waals surface area (Å²) in [6.07, 6.45) is 0.842. The van der Waals surface area contributed by atoms with E-state index in [2.05, 4.69) is 0 Å². The van der Waals surface area contributed by atoms with Gasteiger partial charge in [0.2, 0.25) is 0 Å². The third-order valence-electron chi connectivity index (χ3n) is 3.54.